The van der Waals surface area contributed by atoms with Crippen LogP contribution in [0.25, 0.3) is 32.0 Å². The Morgan fingerprint density at radius 3 is 2.68 bits per heavy atom. The fourth-order valence-electron chi connectivity index (χ4n) is 2.22. The van der Waals surface area contributed by atoms with Gasteiger partial charge in [0, 0.05) is 41.6 Å². The zero-order chi connectivity index (χ0) is 14.9. The van der Waals surface area contributed by atoms with E-state index in [1.54, 1.807) is 17.5 Å². The molecule has 106 valence electrons. The van der Waals surface area contributed by atoms with E-state index in [2.05, 4.69) is 21.0 Å². The topological polar surface area (TPSA) is 51.6 Å². The Morgan fingerprint density at radius 1 is 0.955 bits per heavy atom. The van der Waals surface area contributed by atoms with Gasteiger partial charge in [-0.05, 0) is 37.3 Å². The van der Waals surface area contributed by atoms with Crippen molar-refractivity contribution in [3.63, 3.8) is 0 Å². The van der Waals surface area contributed by atoms with Crippen LogP contribution in [-0.2, 0) is 0 Å². The predicted molar refractivity (Wildman–Crippen MR) is 88.6 cm³/mol. The highest BCUT2D eigenvalue weighted by Gasteiger charge is 2.09. The van der Waals surface area contributed by atoms with Crippen molar-refractivity contribution in [1.82, 2.24) is 19.9 Å². The third-order valence-electron chi connectivity index (χ3n) is 3.39. The van der Waals surface area contributed by atoms with Crippen LogP contribution >= 0.6 is 11.3 Å². The second kappa shape index (κ2) is 5.27. The highest BCUT2D eigenvalue weighted by Crippen LogP contribution is 2.31. The zero-order valence-electron chi connectivity index (χ0n) is 11.9. The van der Waals surface area contributed by atoms with Gasteiger partial charge >= 0.3 is 0 Å². The molecule has 22 heavy (non-hydrogen) atoms. The summed E-state index contributed by atoms with van der Waals surface area (Å²) in [7, 11) is 0. The molecule has 0 fully saturated rings. The highest BCUT2D eigenvalue weighted by atomic mass is 32.1. The largest absolute Gasteiger partial charge is 0.264 e. The van der Waals surface area contributed by atoms with Crippen LogP contribution in [0.4, 0.5) is 0 Å². The Balaban J connectivity index is 1.80. The number of aryl methyl sites for hydroxylation is 1. The van der Waals surface area contributed by atoms with Gasteiger partial charge in [0.05, 0.1) is 15.9 Å². The summed E-state index contributed by atoms with van der Waals surface area (Å²) in [5, 5.41) is 0.965. The van der Waals surface area contributed by atoms with E-state index in [-0.39, 0.29) is 0 Å². The lowest BCUT2D eigenvalue weighted by Crippen LogP contribution is -1.84. The summed E-state index contributed by atoms with van der Waals surface area (Å²) in [5.74, 6) is 0. The van der Waals surface area contributed by atoms with E-state index >= 15 is 0 Å². The van der Waals surface area contributed by atoms with Crippen molar-refractivity contribution in [1.29, 1.82) is 0 Å². The molecule has 4 aromatic heterocycles. The molecular formula is C17H12N4S. The van der Waals surface area contributed by atoms with Crippen molar-refractivity contribution in [2.45, 2.75) is 6.92 Å². The van der Waals surface area contributed by atoms with Crippen LogP contribution in [0, 0.1) is 6.92 Å². The van der Waals surface area contributed by atoms with E-state index in [1.165, 1.54) is 0 Å². The SMILES string of the molecule is Cc1ccc(-c2nc3cc(-c4cccnc4)ncc3s2)cn1. The lowest BCUT2D eigenvalue weighted by Gasteiger charge is -1.98. The molecule has 0 radical (unpaired) electrons. The summed E-state index contributed by atoms with van der Waals surface area (Å²) < 4.78 is 1.07. The summed E-state index contributed by atoms with van der Waals surface area (Å²) in [6, 6.07) is 9.97. The Morgan fingerprint density at radius 2 is 1.91 bits per heavy atom. The number of nitrogens with zero attached hydrogens (tertiary/aromatic N) is 4. The average molecular weight is 304 g/mol. The molecule has 0 aliphatic rings. The Bertz CT molecular complexity index is 930. The summed E-state index contributed by atoms with van der Waals surface area (Å²) in [6.45, 7) is 1.98. The summed E-state index contributed by atoms with van der Waals surface area (Å²) in [4.78, 5) is 17.7. The van der Waals surface area contributed by atoms with E-state index < -0.39 is 0 Å². The highest BCUT2D eigenvalue weighted by molar-refractivity contribution is 7.21. The quantitative estimate of drug-likeness (QED) is 0.559. The van der Waals surface area contributed by atoms with Gasteiger partial charge in [0.1, 0.15) is 5.01 Å². The van der Waals surface area contributed by atoms with Crippen molar-refractivity contribution in [2.75, 3.05) is 0 Å². The van der Waals surface area contributed by atoms with Crippen molar-refractivity contribution in [3.8, 4) is 21.8 Å². The molecule has 0 spiro atoms. The van der Waals surface area contributed by atoms with E-state index in [4.69, 9.17) is 4.98 Å². The molecule has 0 amide bonds. The van der Waals surface area contributed by atoms with E-state index in [0.717, 1.165) is 37.7 Å². The Labute approximate surface area is 131 Å². The molecule has 0 unspecified atom stereocenters. The lowest BCUT2D eigenvalue weighted by molar-refractivity contribution is 1.20. The molecule has 4 rings (SSSR count). The van der Waals surface area contributed by atoms with Gasteiger partial charge in [0.25, 0.3) is 0 Å². The molecule has 0 aliphatic heterocycles. The van der Waals surface area contributed by atoms with Crippen molar-refractivity contribution < 1.29 is 0 Å². The Kier molecular flexibility index (Phi) is 3.12. The van der Waals surface area contributed by atoms with Crippen LogP contribution in [0.2, 0.25) is 0 Å². The number of pyridine rings is 3. The predicted octanol–water partition coefficient (Wildman–Crippen LogP) is 4.12. The second-order valence-electron chi connectivity index (χ2n) is 4.99. The molecule has 0 aliphatic carbocycles. The molecule has 5 heteroatoms. The van der Waals surface area contributed by atoms with E-state index in [9.17, 15) is 0 Å². The minimum Gasteiger partial charge on any atom is -0.264 e. The number of thiazole rings is 1. The van der Waals surface area contributed by atoms with Gasteiger partial charge < -0.3 is 0 Å². The molecule has 0 saturated carbocycles. The first kappa shape index (κ1) is 13.0. The smallest absolute Gasteiger partial charge is 0.126 e. The molecule has 4 heterocycles. The molecule has 0 atom stereocenters. The minimum atomic E-state index is 0.888. The zero-order valence-corrected chi connectivity index (χ0v) is 12.7. The third kappa shape index (κ3) is 2.35. The van der Waals surface area contributed by atoms with Gasteiger partial charge in [-0.2, -0.15) is 0 Å². The number of aromatic nitrogens is 4. The van der Waals surface area contributed by atoms with Crippen LogP contribution in [0.15, 0.2) is 55.1 Å². The molecule has 0 aromatic carbocycles. The molecule has 4 aromatic rings. The van der Waals surface area contributed by atoms with E-state index in [1.807, 2.05) is 49.8 Å². The maximum atomic E-state index is 4.72. The summed E-state index contributed by atoms with van der Waals surface area (Å²) in [5.41, 5.74) is 4.88. The average Bonchev–Trinajstić information content (AvgIpc) is 2.99. The molecule has 0 bridgehead atoms. The first-order valence-corrected chi connectivity index (χ1v) is 7.71. The first-order valence-electron chi connectivity index (χ1n) is 6.89. The molecular weight excluding hydrogens is 292 g/mol. The molecule has 4 nitrogen and oxygen atoms in total. The maximum Gasteiger partial charge on any atom is 0.126 e. The van der Waals surface area contributed by atoms with Gasteiger partial charge in [0.15, 0.2) is 0 Å². The number of fused-ring (bicyclic) bond motifs is 1. The van der Waals surface area contributed by atoms with Crippen LogP contribution in [0.3, 0.4) is 0 Å². The van der Waals surface area contributed by atoms with Crippen molar-refractivity contribution in [2.24, 2.45) is 0 Å². The third-order valence-corrected chi connectivity index (χ3v) is 4.45. The molecule has 0 N–H and O–H groups in total. The van der Waals surface area contributed by atoms with Crippen molar-refractivity contribution >= 4 is 21.6 Å². The van der Waals surface area contributed by atoms with Gasteiger partial charge in [-0.15, -0.1) is 11.3 Å². The lowest BCUT2D eigenvalue weighted by atomic mass is 10.2. The minimum absolute atomic E-state index is 0.888. The van der Waals surface area contributed by atoms with Gasteiger partial charge in [-0.25, -0.2) is 4.98 Å². The number of hydrogen-bond acceptors (Lipinski definition) is 5. The van der Waals surface area contributed by atoms with Gasteiger partial charge in [-0.1, -0.05) is 0 Å². The fraction of sp³-hybridized carbons (Fsp3) is 0.0588. The van der Waals surface area contributed by atoms with Crippen LogP contribution < -0.4 is 0 Å². The fourth-order valence-corrected chi connectivity index (χ4v) is 3.13. The monoisotopic (exact) mass is 304 g/mol. The molecule has 0 saturated heterocycles. The normalized spacial score (nSPS) is 11.0. The summed E-state index contributed by atoms with van der Waals surface area (Å²) in [6.07, 6.45) is 7.31. The first-order chi connectivity index (χ1) is 10.8. The number of hydrogen-bond donors (Lipinski definition) is 0. The summed E-state index contributed by atoms with van der Waals surface area (Å²) >= 11 is 1.63. The van der Waals surface area contributed by atoms with Gasteiger partial charge in [0.2, 0.25) is 0 Å². The van der Waals surface area contributed by atoms with Crippen LogP contribution in [-0.4, -0.2) is 19.9 Å². The van der Waals surface area contributed by atoms with Crippen LogP contribution in [0.5, 0.6) is 0 Å². The van der Waals surface area contributed by atoms with Crippen LogP contribution in [0.1, 0.15) is 5.69 Å². The number of rotatable bonds is 2. The van der Waals surface area contributed by atoms with Gasteiger partial charge in [-0.3, -0.25) is 15.0 Å². The Hall–Kier alpha value is -2.66. The standard InChI is InChI=1S/C17H12N4S/c1-11-4-5-13(9-19-11)17-21-15-7-14(20-10-16(15)22-17)12-3-2-6-18-8-12/h2-10H,1H3. The van der Waals surface area contributed by atoms with Crippen molar-refractivity contribution in [3.05, 3.63) is 60.8 Å². The maximum absolute atomic E-state index is 4.72. The second-order valence-corrected chi connectivity index (χ2v) is 6.02. The van der Waals surface area contributed by atoms with E-state index in [0.29, 0.717) is 0 Å².